The number of nitrogens with zero attached hydrogens (tertiary/aromatic N) is 1. The van der Waals surface area contributed by atoms with Crippen molar-refractivity contribution in [3.8, 4) is 0 Å². The summed E-state index contributed by atoms with van der Waals surface area (Å²) in [6.07, 6.45) is 3.62. The van der Waals surface area contributed by atoms with Crippen LogP contribution in [0.25, 0.3) is 0 Å². The molecule has 0 radical (unpaired) electrons. The van der Waals surface area contributed by atoms with Gasteiger partial charge in [0.25, 0.3) is 0 Å². The Morgan fingerprint density at radius 2 is 2.38 bits per heavy atom. The maximum atomic E-state index is 3.97. The Morgan fingerprint density at radius 1 is 1.75 bits per heavy atom. The third kappa shape index (κ3) is 3.82. The fourth-order valence-electron chi connectivity index (χ4n) is 0.224. The first kappa shape index (κ1) is 7.64. The molecule has 0 aliphatic carbocycles. The molecule has 0 rings (SSSR count). The molecule has 0 aromatic rings. The van der Waals surface area contributed by atoms with E-state index >= 15 is 0 Å². The summed E-state index contributed by atoms with van der Waals surface area (Å²) in [5, 5.41) is 2.82. The molecule has 0 aliphatic heterocycles. The summed E-state index contributed by atoms with van der Waals surface area (Å²) in [7, 11) is 2.37. The zero-order valence-electron chi connectivity index (χ0n) is 5.18. The summed E-state index contributed by atoms with van der Waals surface area (Å²) in [5.74, 6) is 0.896. The summed E-state index contributed by atoms with van der Waals surface area (Å²) in [4.78, 5) is 3.97. The molecular weight excluding hydrogens is 119 g/mol. The highest BCUT2D eigenvalue weighted by molar-refractivity contribution is 7.15. The van der Waals surface area contributed by atoms with Crippen LogP contribution >= 0.6 is 9.39 Å². The maximum absolute atomic E-state index is 3.97. The van der Waals surface area contributed by atoms with Crippen molar-refractivity contribution in [1.29, 1.82) is 0 Å². The lowest BCUT2D eigenvalue weighted by Gasteiger charge is -1.91. The van der Waals surface area contributed by atoms with Gasteiger partial charge < -0.3 is 5.09 Å². The van der Waals surface area contributed by atoms with Gasteiger partial charge >= 0.3 is 0 Å². The molecule has 0 bridgehead atoms. The molecular formula is C5H11N2P. The first-order valence-corrected chi connectivity index (χ1v) is 3.01. The normalized spacial score (nSPS) is 12.6. The lowest BCUT2D eigenvalue weighted by molar-refractivity contribution is 1.39. The molecule has 3 heteroatoms. The van der Waals surface area contributed by atoms with Crippen molar-refractivity contribution < 1.29 is 0 Å². The first-order chi connectivity index (χ1) is 3.81. The highest BCUT2D eigenvalue weighted by atomic mass is 31.0. The Kier molecular flexibility index (Phi) is 4.58. The summed E-state index contributed by atoms with van der Waals surface area (Å²) < 4.78 is 0. The van der Waals surface area contributed by atoms with E-state index in [9.17, 15) is 0 Å². The SMILES string of the molecule is C/C=C/N=C(C)NP. The van der Waals surface area contributed by atoms with Crippen LogP contribution in [0.4, 0.5) is 0 Å². The lowest BCUT2D eigenvalue weighted by Crippen LogP contribution is -2.04. The van der Waals surface area contributed by atoms with Crippen LogP contribution in [0.1, 0.15) is 13.8 Å². The molecule has 8 heavy (non-hydrogen) atoms. The van der Waals surface area contributed by atoms with Crippen molar-refractivity contribution in [3.63, 3.8) is 0 Å². The van der Waals surface area contributed by atoms with Crippen molar-refractivity contribution in [3.05, 3.63) is 12.3 Å². The van der Waals surface area contributed by atoms with Crippen LogP contribution in [-0.2, 0) is 0 Å². The van der Waals surface area contributed by atoms with Gasteiger partial charge in [0, 0.05) is 6.20 Å². The Hall–Kier alpha value is -0.360. The van der Waals surface area contributed by atoms with E-state index < -0.39 is 0 Å². The Labute approximate surface area is 52.3 Å². The average molecular weight is 130 g/mol. The van der Waals surface area contributed by atoms with Gasteiger partial charge in [-0.1, -0.05) is 6.08 Å². The van der Waals surface area contributed by atoms with Crippen LogP contribution in [0.3, 0.4) is 0 Å². The van der Waals surface area contributed by atoms with E-state index in [1.807, 2.05) is 19.9 Å². The largest absolute Gasteiger partial charge is 0.358 e. The fourth-order valence-corrected chi connectivity index (χ4v) is 0.298. The topological polar surface area (TPSA) is 24.4 Å². The van der Waals surface area contributed by atoms with E-state index in [-0.39, 0.29) is 0 Å². The van der Waals surface area contributed by atoms with Gasteiger partial charge in [0.2, 0.25) is 0 Å². The van der Waals surface area contributed by atoms with Crippen LogP contribution in [0.2, 0.25) is 0 Å². The molecule has 0 fully saturated rings. The molecule has 0 saturated heterocycles. The van der Waals surface area contributed by atoms with Gasteiger partial charge in [-0.15, -0.1) is 0 Å². The molecule has 0 aromatic heterocycles. The summed E-state index contributed by atoms with van der Waals surface area (Å²) >= 11 is 0. The van der Waals surface area contributed by atoms with Gasteiger partial charge in [-0.3, -0.25) is 0 Å². The third-order valence-electron chi connectivity index (χ3n) is 0.626. The van der Waals surface area contributed by atoms with Gasteiger partial charge in [0.05, 0.1) is 0 Å². The Morgan fingerprint density at radius 3 is 2.75 bits per heavy atom. The molecule has 0 heterocycles. The van der Waals surface area contributed by atoms with Crippen molar-refractivity contribution in [2.45, 2.75) is 13.8 Å². The number of hydrogen-bond acceptors (Lipinski definition) is 1. The second-order valence-electron chi connectivity index (χ2n) is 1.34. The number of hydrogen-bond donors (Lipinski definition) is 1. The Bertz CT molecular complexity index is 107. The van der Waals surface area contributed by atoms with Crippen LogP contribution in [0.15, 0.2) is 17.3 Å². The minimum atomic E-state index is 0.896. The maximum Gasteiger partial charge on any atom is 0.101 e. The van der Waals surface area contributed by atoms with Crippen LogP contribution in [0.5, 0.6) is 0 Å². The molecule has 46 valence electrons. The second kappa shape index (κ2) is 4.79. The van der Waals surface area contributed by atoms with Crippen molar-refractivity contribution in [2.24, 2.45) is 4.99 Å². The average Bonchev–Trinajstić information content (AvgIpc) is 1.83. The quantitative estimate of drug-likeness (QED) is 0.323. The molecule has 1 N–H and O–H groups in total. The van der Waals surface area contributed by atoms with Crippen molar-refractivity contribution in [1.82, 2.24) is 5.09 Å². The molecule has 0 saturated carbocycles. The lowest BCUT2D eigenvalue weighted by atomic mass is 10.7. The molecule has 1 unspecified atom stereocenters. The van der Waals surface area contributed by atoms with Gasteiger partial charge in [-0.05, 0) is 23.2 Å². The zero-order chi connectivity index (χ0) is 6.41. The second-order valence-corrected chi connectivity index (χ2v) is 1.63. The molecule has 0 aliphatic rings. The number of nitrogens with one attached hydrogen (secondary N) is 1. The van der Waals surface area contributed by atoms with E-state index in [1.165, 1.54) is 0 Å². The first-order valence-electron chi connectivity index (χ1n) is 2.43. The highest BCUT2D eigenvalue weighted by Gasteiger charge is 1.74. The van der Waals surface area contributed by atoms with Crippen LogP contribution in [0, 0.1) is 0 Å². The standard InChI is InChI=1S/C5H11N2P/c1-3-4-6-5(2)7-8/h3-4H,8H2,1-2H3,(H,6,7)/b4-3+. The molecule has 0 spiro atoms. The van der Waals surface area contributed by atoms with Gasteiger partial charge in [-0.2, -0.15) is 0 Å². The van der Waals surface area contributed by atoms with Gasteiger partial charge in [0.15, 0.2) is 0 Å². The van der Waals surface area contributed by atoms with E-state index in [0.29, 0.717) is 0 Å². The summed E-state index contributed by atoms with van der Waals surface area (Å²) in [5.41, 5.74) is 0. The van der Waals surface area contributed by atoms with Gasteiger partial charge in [0.1, 0.15) is 5.84 Å². The summed E-state index contributed by atoms with van der Waals surface area (Å²) in [6, 6.07) is 0. The van der Waals surface area contributed by atoms with E-state index in [0.717, 1.165) is 5.84 Å². The fraction of sp³-hybridized carbons (Fsp3) is 0.400. The molecule has 0 aromatic carbocycles. The molecule has 2 nitrogen and oxygen atoms in total. The van der Waals surface area contributed by atoms with Crippen molar-refractivity contribution in [2.75, 3.05) is 0 Å². The third-order valence-corrected chi connectivity index (χ3v) is 1.04. The predicted molar refractivity (Wildman–Crippen MR) is 40.8 cm³/mol. The summed E-state index contributed by atoms with van der Waals surface area (Å²) in [6.45, 7) is 3.83. The van der Waals surface area contributed by atoms with E-state index in [4.69, 9.17) is 0 Å². The van der Waals surface area contributed by atoms with Crippen LogP contribution in [-0.4, -0.2) is 5.84 Å². The van der Waals surface area contributed by atoms with E-state index in [1.54, 1.807) is 6.20 Å². The number of allylic oxidation sites excluding steroid dienone is 1. The predicted octanol–water partition coefficient (Wildman–Crippen LogP) is 1.32. The zero-order valence-corrected chi connectivity index (χ0v) is 6.33. The smallest absolute Gasteiger partial charge is 0.101 e. The number of rotatable bonds is 1. The number of amidine groups is 1. The minimum Gasteiger partial charge on any atom is -0.358 e. The molecule has 1 atom stereocenters. The van der Waals surface area contributed by atoms with Gasteiger partial charge in [-0.25, -0.2) is 4.99 Å². The molecule has 0 amide bonds. The Balaban J connectivity index is 3.57. The minimum absolute atomic E-state index is 0.896. The van der Waals surface area contributed by atoms with Crippen LogP contribution < -0.4 is 5.09 Å². The monoisotopic (exact) mass is 130 g/mol. The van der Waals surface area contributed by atoms with E-state index in [2.05, 4.69) is 19.5 Å². The highest BCUT2D eigenvalue weighted by Crippen LogP contribution is 1.78. The number of aliphatic imine (C=N–C) groups is 1. The van der Waals surface area contributed by atoms with Crippen molar-refractivity contribution >= 4 is 15.2 Å².